The van der Waals surface area contributed by atoms with Crippen LogP contribution in [0.15, 0.2) is 54.3 Å². The fourth-order valence-corrected chi connectivity index (χ4v) is 4.71. The maximum Gasteiger partial charge on any atom is 0.152 e. The van der Waals surface area contributed by atoms with E-state index >= 15 is 0 Å². The van der Waals surface area contributed by atoms with Gasteiger partial charge in [0.15, 0.2) is 6.10 Å². The lowest BCUT2D eigenvalue weighted by atomic mass is 9.94. The first kappa shape index (κ1) is 31.5. The van der Waals surface area contributed by atoms with Crippen LogP contribution in [-0.2, 0) is 25.4 Å². The molecule has 0 spiro atoms. The van der Waals surface area contributed by atoms with E-state index in [9.17, 15) is 0 Å². The van der Waals surface area contributed by atoms with Crippen LogP contribution < -0.4 is 4.74 Å². The largest absolute Gasteiger partial charge is 0.494 e. The van der Waals surface area contributed by atoms with E-state index in [-0.39, 0.29) is 18.3 Å². The molecule has 1 aliphatic rings. The summed E-state index contributed by atoms with van der Waals surface area (Å²) in [5, 5.41) is 0.737. The first-order valence-electron chi connectivity index (χ1n) is 14.8. The zero-order valence-electron chi connectivity index (χ0n) is 24.3. The number of rotatable bonds is 18. The molecule has 5 nitrogen and oxygen atoms in total. The number of hydrogen-bond donors (Lipinski definition) is 0. The standard InChI is InChI=1S/C33H47ClO5/c1-5-9-18-35-24-29-23-31(37-19-10-6-2)33(38-20-11-7-3)32(39-29)26-14-17-30(34)27(22-26)21-25-12-15-28(16-13-25)36-8-4/h12-17,22-23,31-33H,5-11,18-21,24H2,1-4H3/t31-,32-,33+/m0/s1. The van der Waals surface area contributed by atoms with E-state index in [1.54, 1.807) is 0 Å². The van der Waals surface area contributed by atoms with Crippen LogP contribution in [0, 0.1) is 0 Å². The van der Waals surface area contributed by atoms with Crippen molar-refractivity contribution in [2.45, 2.75) is 91.0 Å². The fourth-order valence-electron chi connectivity index (χ4n) is 4.53. The summed E-state index contributed by atoms with van der Waals surface area (Å²) in [7, 11) is 0. The van der Waals surface area contributed by atoms with Gasteiger partial charge in [0.05, 0.1) is 6.61 Å². The lowest BCUT2D eigenvalue weighted by Crippen LogP contribution is -2.41. The molecule has 2 aromatic rings. The van der Waals surface area contributed by atoms with Gasteiger partial charge in [0.25, 0.3) is 0 Å². The number of halogens is 1. The van der Waals surface area contributed by atoms with Gasteiger partial charge in [-0.15, -0.1) is 0 Å². The van der Waals surface area contributed by atoms with Crippen molar-refractivity contribution in [2.24, 2.45) is 0 Å². The fraction of sp³-hybridized carbons (Fsp3) is 0.576. The summed E-state index contributed by atoms with van der Waals surface area (Å²) in [6.45, 7) is 11.6. The minimum absolute atomic E-state index is 0.206. The Bertz CT molecular complexity index is 990. The average Bonchev–Trinajstić information content (AvgIpc) is 2.94. The minimum Gasteiger partial charge on any atom is -0.494 e. The molecular weight excluding hydrogens is 512 g/mol. The topological polar surface area (TPSA) is 46.2 Å². The highest BCUT2D eigenvalue weighted by Crippen LogP contribution is 2.36. The predicted molar refractivity (Wildman–Crippen MR) is 159 cm³/mol. The highest BCUT2D eigenvalue weighted by molar-refractivity contribution is 6.31. The molecule has 6 heteroatoms. The van der Waals surface area contributed by atoms with Gasteiger partial charge in [-0.1, -0.05) is 75.9 Å². The van der Waals surface area contributed by atoms with Gasteiger partial charge in [-0.3, -0.25) is 0 Å². The molecule has 39 heavy (non-hydrogen) atoms. The molecule has 0 bridgehead atoms. The first-order valence-corrected chi connectivity index (χ1v) is 15.2. The van der Waals surface area contributed by atoms with E-state index < -0.39 is 0 Å². The van der Waals surface area contributed by atoms with Gasteiger partial charge in [0, 0.05) is 24.8 Å². The third kappa shape index (κ3) is 10.1. The number of ether oxygens (including phenoxy) is 5. The van der Waals surface area contributed by atoms with Crippen LogP contribution in [0.1, 0.15) is 89.0 Å². The molecule has 0 aliphatic carbocycles. The molecule has 0 radical (unpaired) electrons. The van der Waals surface area contributed by atoms with Gasteiger partial charge in [-0.2, -0.15) is 0 Å². The second kappa shape index (κ2) is 17.6. The van der Waals surface area contributed by atoms with E-state index in [0.29, 0.717) is 39.5 Å². The van der Waals surface area contributed by atoms with Gasteiger partial charge in [0.2, 0.25) is 0 Å². The third-order valence-electron chi connectivity index (χ3n) is 6.78. The second-order valence-electron chi connectivity index (χ2n) is 10.1. The zero-order valence-corrected chi connectivity index (χ0v) is 25.0. The van der Waals surface area contributed by atoms with Crippen molar-refractivity contribution in [1.29, 1.82) is 0 Å². The molecule has 216 valence electrons. The van der Waals surface area contributed by atoms with Crippen LogP contribution in [0.4, 0.5) is 0 Å². The third-order valence-corrected chi connectivity index (χ3v) is 7.15. The minimum atomic E-state index is -0.320. The number of benzene rings is 2. The summed E-state index contributed by atoms with van der Waals surface area (Å²) in [4.78, 5) is 0. The molecule has 1 heterocycles. The van der Waals surface area contributed by atoms with E-state index in [1.165, 1.54) is 5.56 Å². The van der Waals surface area contributed by atoms with Crippen LogP contribution >= 0.6 is 11.6 Å². The molecule has 0 saturated heterocycles. The van der Waals surface area contributed by atoms with Crippen molar-refractivity contribution < 1.29 is 23.7 Å². The van der Waals surface area contributed by atoms with Crippen molar-refractivity contribution >= 4 is 11.6 Å². The van der Waals surface area contributed by atoms with Crippen molar-refractivity contribution in [3.63, 3.8) is 0 Å². The summed E-state index contributed by atoms with van der Waals surface area (Å²) >= 11 is 6.69. The quantitative estimate of drug-likeness (QED) is 0.172. The van der Waals surface area contributed by atoms with Gasteiger partial charge >= 0.3 is 0 Å². The van der Waals surface area contributed by atoms with E-state index in [1.807, 2.05) is 25.1 Å². The SMILES string of the molecule is CCCCOCC1=C[C@H](OCCCC)[C@@H](OCCCC)[C@H](c2ccc(Cl)c(Cc3ccc(OCC)cc3)c2)O1. The second-order valence-corrected chi connectivity index (χ2v) is 10.5. The van der Waals surface area contributed by atoms with Crippen LogP contribution in [0.25, 0.3) is 0 Å². The smallest absolute Gasteiger partial charge is 0.152 e. The van der Waals surface area contributed by atoms with Crippen molar-refractivity contribution in [1.82, 2.24) is 0 Å². The molecule has 2 aromatic carbocycles. The van der Waals surface area contributed by atoms with Crippen LogP contribution in [-0.4, -0.2) is 45.2 Å². The lowest BCUT2D eigenvalue weighted by molar-refractivity contribution is -0.134. The summed E-state index contributed by atoms with van der Waals surface area (Å²) < 4.78 is 31.0. The summed E-state index contributed by atoms with van der Waals surface area (Å²) in [6, 6.07) is 14.4. The molecule has 1 aliphatic heterocycles. The average molecular weight is 559 g/mol. The van der Waals surface area contributed by atoms with E-state index in [4.69, 9.17) is 35.3 Å². The van der Waals surface area contributed by atoms with Gasteiger partial charge in [-0.05, 0) is 73.6 Å². The Morgan fingerprint density at radius 3 is 2.21 bits per heavy atom. The molecule has 0 aromatic heterocycles. The van der Waals surface area contributed by atoms with Crippen LogP contribution in [0.3, 0.4) is 0 Å². The van der Waals surface area contributed by atoms with Gasteiger partial charge in [-0.25, -0.2) is 0 Å². The molecule has 3 rings (SSSR count). The highest BCUT2D eigenvalue weighted by atomic mass is 35.5. The predicted octanol–water partition coefficient (Wildman–Crippen LogP) is 8.47. The van der Waals surface area contributed by atoms with Crippen LogP contribution in [0.2, 0.25) is 5.02 Å². The summed E-state index contributed by atoms with van der Waals surface area (Å²) in [5.41, 5.74) is 3.25. The molecule has 0 saturated carbocycles. The first-order chi connectivity index (χ1) is 19.1. The molecule has 0 unspecified atom stereocenters. The molecule has 0 amide bonds. The summed E-state index contributed by atoms with van der Waals surface area (Å²) in [5.74, 6) is 1.68. The maximum atomic E-state index is 6.69. The Labute approximate surface area is 240 Å². The van der Waals surface area contributed by atoms with Gasteiger partial charge < -0.3 is 23.7 Å². The molecule has 0 fully saturated rings. The zero-order chi connectivity index (χ0) is 27.9. The monoisotopic (exact) mass is 558 g/mol. The Kier molecular flexibility index (Phi) is 14.2. The maximum absolute atomic E-state index is 6.69. The van der Waals surface area contributed by atoms with Crippen molar-refractivity contribution in [2.75, 3.05) is 33.0 Å². The summed E-state index contributed by atoms with van der Waals surface area (Å²) in [6.07, 6.45) is 8.27. The van der Waals surface area contributed by atoms with Crippen molar-refractivity contribution in [3.8, 4) is 5.75 Å². The van der Waals surface area contributed by atoms with Crippen LogP contribution in [0.5, 0.6) is 5.75 Å². The number of hydrogen-bond acceptors (Lipinski definition) is 5. The van der Waals surface area contributed by atoms with Gasteiger partial charge in [0.1, 0.15) is 30.3 Å². The highest BCUT2D eigenvalue weighted by Gasteiger charge is 2.38. The van der Waals surface area contributed by atoms with Crippen molar-refractivity contribution in [3.05, 3.63) is 76.0 Å². The Morgan fingerprint density at radius 1 is 0.821 bits per heavy atom. The van der Waals surface area contributed by atoms with E-state index in [0.717, 1.165) is 66.2 Å². The Morgan fingerprint density at radius 2 is 1.51 bits per heavy atom. The molecule has 3 atom stereocenters. The molecule has 0 N–H and O–H groups in total. The van der Waals surface area contributed by atoms with E-state index in [2.05, 4.69) is 51.1 Å². The molecular formula is C33H47ClO5. The normalized spacial score (nSPS) is 19.0. The Balaban J connectivity index is 1.87. The number of unbranched alkanes of at least 4 members (excludes halogenated alkanes) is 3. The Hall–Kier alpha value is -2.05. The lowest BCUT2D eigenvalue weighted by Gasteiger charge is -2.37.